The maximum absolute atomic E-state index is 12.6. The van der Waals surface area contributed by atoms with E-state index in [0.717, 1.165) is 57.8 Å². The average molecular weight is 761 g/mol. The molecule has 0 aliphatic carbocycles. The van der Waals surface area contributed by atoms with Gasteiger partial charge in [0, 0.05) is 12.8 Å². The highest BCUT2D eigenvalue weighted by molar-refractivity contribution is 7.47. The van der Waals surface area contributed by atoms with Crippen LogP contribution in [0.25, 0.3) is 0 Å². The quantitative estimate of drug-likeness (QED) is 0.0218. The van der Waals surface area contributed by atoms with Crippen molar-refractivity contribution in [3.63, 3.8) is 0 Å². The minimum atomic E-state index is -4.37. The van der Waals surface area contributed by atoms with Gasteiger partial charge in [0.2, 0.25) is 0 Å². The predicted octanol–water partition coefficient (Wildman–Crippen LogP) is 11.6. The monoisotopic (exact) mass is 761 g/mol. The summed E-state index contributed by atoms with van der Waals surface area (Å²) in [6.07, 6.45) is 36.4. The van der Waals surface area contributed by atoms with Crippen molar-refractivity contribution in [2.75, 3.05) is 47.5 Å². The van der Waals surface area contributed by atoms with E-state index in [-0.39, 0.29) is 32.0 Å². The fraction of sp³-hybridized carbons (Fsp3) is 0.857. The molecule has 0 aromatic carbocycles. The molecule has 1 unspecified atom stereocenters. The zero-order valence-corrected chi connectivity index (χ0v) is 35.2. The molecule has 0 aromatic heterocycles. The summed E-state index contributed by atoms with van der Waals surface area (Å²) in [7, 11) is 1.47. The molecule has 0 aliphatic rings. The number of nitrogens with zero attached hydrogens (tertiary/aromatic N) is 1. The molecule has 10 heteroatoms. The van der Waals surface area contributed by atoms with Crippen LogP contribution in [0, 0.1) is 0 Å². The molecule has 0 radical (unpaired) electrons. The molecule has 0 spiro atoms. The van der Waals surface area contributed by atoms with Gasteiger partial charge >= 0.3 is 19.8 Å². The summed E-state index contributed by atoms with van der Waals surface area (Å²) in [6.45, 7) is 4.38. The van der Waals surface area contributed by atoms with Crippen LogP contribution in [0.4, 0.5) is 0 Å². The molecule has 0 bridgehead atoms. The number of rotatable bonds is 38. The van der Waals surface area contributed by atoms with E-state index in [1.165, 1.54) is 89.9 Å². The molecule has 306 valence electrons. The molecule has 0 saturated carbocycles. The Labute approximate surface area is 319 Å². The first kappa shape index (κ1) is 50.5. The van der Waals surface area contributed by atoms with Crippen molar-refractivity contribution in [2.45, 2.75) is 187 Å². The lowest BCUT2D eigenvalue weighted by atomic mass is 10.0. The number of phosphoric ester groups is 1. The van der Waals surface area contributed by atoms with Crippen molar-refractivity contribution in [2.24, 2.45) is 0 Å². The number of carbonyl (C=O) groups is 2. The molecule has 2 atom stereocenters. The zero-order valence-electron chi connectivity index (χ0n) is 34.3. The van der Waals surface area contributed by atoms with Crippen LogP contribution in [-0.2, 0) is 32.7 Å². The molecule has 1 N–H and O–H groups in total. The van der Waals surface area contributed by atoms with Crippen LogP contribution in [0.2, 0.25) is 0 Å². The van der Waals surface area contributed by atoms with Crippen LogP contribution < -0.4 is 0 Å². The lowest BCUT2D eigenvalue weighted by Gasteiger charge is -2.24. The third kappa shape index (κ3) is 38.2. The maximum Gasteiger partial charge on any atom is 0.472 e. The predicted molar refractivity (Wildman–Crippen MR) is 215 cm³/mol. The minimum absolute atomic E-state index is 0.0304. The molecule has 0 rings (SSSR count). The lowest BCUT2D eigenvalue weighted by molar-refractivity contribution is -0.870. The number of carbonyl (C=O) groups excluding carboxylic acids is 2. The SMILES string of the molecule is CCCCC/C=C\C/C=C\CCCCCCC[14C](=O)O[C@H](COC(=O)CCCCCCCCCCCCCCC)COP(=O)(O)OCC[N+](C)(C)C. The largest absolute Gasteiger partial charge is 0.472 e. The number of unbranched alkanes of at least 4 members (excludes halogenated alkanes) is 20. The molecule has 0 aromatic rings. The van der Waals surface area contributed by atoms with E-state index >= 15 is 0 Å². The summed E-state index contributed by atoms with van der Waals surface area (Å²) in [6, 6.07) is 0. The minimum Gasteiger partial charge on any atom is -0.462 e. The van der Waals surface area contributed by atoms with Crippen molar-refractivity contribution in [1.82, 2.24) is 0 Å². The van der Waals surface area contributed by atoms with Crippen LogP contribution in [-0.4, -0.2) is 74.9 Å². The van der Waals surface area contributed by atoms with E-state index in [1.807, 2.05) is 21.1 Å². The zero-order chi connectivity index (χ0) is 38.6. The van der Waals surface area contributed by atoms with Gasteiger partial charge in [-0.3, -0.25) is 18.6 Å². The van der Waals surface area contributed by atoms with E-state index in [9.17, 15) is 19.0 Å². The van der Waals surface area contributed by atoms with Crippen molar-refractivity contribution in [3.8, 4) is 0 Å². The highest BCUT2D eigenvalue weighted by atomic mass is 31.2. The van der Waals surface area contributed by atoms with Crippen LogP contribution in [0.5, 0.6) is 0 Å². The van der Waals surface area contributed by atoms with Crippen molar-refractivity contribution in [1.29, 1.82) is 0 Å². The topological polar surface area (TPSA) is 108 Å². The van der Waals surface area contributed by atoms with Crippen LogP contribution in [0.3, 0.4) is 0 Å². The summed E-state index contributed by atoms with van der Waals surface area (Å²) < 4.78 is 34.2. The Balaban J connectivity index is 4.41. The number of allylic oxidation sites excluding steroid dienone is 4. The van der Waals surface area contributed by atoms with Gasteiger partial charge in [0.05, 0.1) is 27.7 Å². The molecular weight excluding hydrogens is 679 g/mol. The molecule has 52 heavy (non-hydrogen) atoms. The number of likely N-dealkylation sites (N-methyl/N-ethyl adjacent to an activating group) is 1. The smallest absolute Gasteiger partial charge is 0.462 e. The van der Waals surface area contributed by atoms with E-state index in [4.69, 9.17) is 18.5 Å². The Morgan fingerprint density at radius 1 is 0.673 bits per heavy atom. The summed E-state index contributed by atoms with van der Waals surface area (Å²) in [5.74, 6) is -0.810. The standard InChI is InChI=1S/C42H80NO8P/c1-6-8-10-12-14-16-18-20-21-23-25-27-29-31-33-35-42(45)51-40(39-50-52(46,47)49-37-36-43(3,4)5)38-48-41(44)34-32-30-28-26-24-22-19-17-15-13-11-9-7-2/h14,16,20-21,40H,6-13,15,17-19,22-39H2,1-5H3/p+1/b16-14-,21-20-/t40-/m1/s1/i42+2. The van der Waals surface area contributed by atoms with Crippen LogP contribution in [0.15, 0.2) is 24.3 Å². The van der Waals surface area contributed by atoms with Gasteiger partial charge in [-0.15, -0.1) is 0 Å². The Hall–Kier alpha value is -1.51. The maximum atomic E-state index is 12.6. The van der Waals surface area contributed by atoms with Gasteiger partial charge in [0.25, 0.3) is 0 Å². The van der Waals surface area contributed by atoms with Crippen molar-refractivity contribution < 1.29 is 42.1 Å². The van der Waals surface area contributed by atoms with E-state index < -0.39 is 26.5 Å². The number of phosphoric acid groups is 1. The highest BCUT2D eigenvalue weighted by Gasteiger charge is 2.27. The van der Waals surface area contributed by atoms with Gasteiger partial charge in [-0.2, -0.15) is 0 Å². The fourth-order valence-corrected chi connectivity index (χ4v) is 6.37. The molecule has 0 fully saturated rings. The molecule has 0 saturated heterocycles. The Morgan fingerprint density at radius 3 is 1.71 bits per heavy atom. The second-order valence-corrected chi connectivity index (χ2v) is 16.8. The molecule has 0 aliphatic heterocycles. The Kier molecular flexibility index (Phi) is 34.2. The summed E-state index contributed by atoms with van der Waals surface area (Å²) in [5, 5.41) is 0. The molecule has 0 heterocycles. The Bertz CT molecular complexity index is 949. The second kappa shape index (κ2) is 35.2. The van der Waals surface area contributed by atoms with Gasteiger partial charge in [0.1, 0.15) is 19.8 Å². The van der Waals surface area contributed by atoms with Gasteiger partial charge in [-0.05, 0) is 44.9 Å². The van der Waals surface area contributed by atoms with Crippen molar-refractivity contribution in [3.05, 3.63) is 24.3 Å². The number of hydrogen-bond acceptors (Lipinski definition) is 7. The summed E-state index contributed by atoms with van der Waals surface area (Å²) in [4.78, 5) is 35.3. The fourth-order valence-electron chi connectivity index (χ4n) is 5.63. The number of hydrogen-bond donors (Lipinski definition) is 1. The lowest BCUT2D eigenvalue weighted by Crippen LogP contribution is -2.37. The van der Waals surface area contributed by atoms with Crippen molar-refractivity contribution >= 4 is 19.8 Å². The molecule has 9 nitrogen and oxygen atoms in total. The number of esters is 2. The number of quaternary nitrogens is 1. The van der Waals surface area contributed by atoms with E-state index in [0.29, 0.717) is 17.4 Å². The third-order valence-electron chi connectivity index (χ3n) is 8.98. The van der Waals surface area contributed by atoms with Crippen LogP contribution in [0.1, 0.15) is 181 Å². The first-order chi connectivity index (χ1) is 25.0. The highest BCUT2D eigenvalue weighted by Crippen LogP contribution is 2.43. The van der Waals surface area contributed by atoms with E-state index in [1.54, 1.807) is 0 Å². The van der Waals surface area contributed by atoms with Gasteiger partial charge in [0.15, 0.2) is 6.10 Å². The van der Waals surface area contributed by atoms with E-state index in [2.05, 4.69) is 38.2 Å². The molecule has 0 amide bonds. The first-order valence-corrected chi connectivity index (χ1v) is 22.6. The Morgan fingerprint density at radius 2 is 1.15 bits per heavy atom. The third-order valence-corrected chi connectivity index (χ3v) is 9.97. The van der Waals surface area contributed by atoms with Gasteiger partial charge in [-0.1, -0.05) is 147 Å². The summed E-state index contributed by atoms with van der Waals surface area (Å²) in [5.41, 5.74) is 0. The first-order valence-electron chi connectivity index (χ1n) is 21.1. The summed E-state index contributed by atoms with van der Waals surface area (Å²) >= 11 is 0. The normalized spacial score (nSPS) is 13.9. The van der Waals surface area contributed by atoms with Crippen LogP contribution >= 0.6 is 7.82 Å². The second-order valence-electron chi connectivity index (χ2n) is 15.4. The average Bonchev–Trinajstić information content (AvgIpc) is 3.09. The van der Waals surface area contributed by atoms with Gasteiger partial charge in [-0.25, -0.2) is 4.57 Å². The van der Waals surface area contributed by atoms with Gasteiger partial charge < -0.3 is 18.9 Å². The number of ether oxygens (including phenoxy) is 2. The molecular formula is C42H81NO8P+.